The van der Waals surface area contributed by atoms with E-state index in [1.165, 1.54) is 10.6 Å². The Hall–Kier alpha value is -1.74. The molecule has 0 fully saturated rings. The highest BCUT2D eigenvalue weighted by Crippen LogP contribution is 2.48. The van der Waals surface area contributed by atoms with Crippen LogP contribution in [0.3, 0.4) is 0 Å². The van der Waals surface area contributed by atoms with Crippen molar-refractivity contribution in [1.29, 1.82) is 0 Å². The lowest BCUT2D eigenvalue weighted by molar-refractivity contribution is 0.112. The van der Waals surface area contributed by atoms with E-state index in [2.05, 4.69) is 30.0 Å². The van der Waals surface area contributed by atoms with Gasteiger partial charge in [0, 0.05) is 21.9 Å². The van der Waals surface area contributed by atoms with Crippen LogP contribution in [0.5, 0.6) is 0 Å². The van der Waals surface area contributed by atoms with Crippen LogP contribution in [0.25, 0.3) is 0 Å². The summed E-state index contributed by atoms with van der Waals surface area (Å²) >= 11 is 1.73. The maximum atomic E-state index is 11.2. The van der Waals surface area contributed by atoms with Crippen molar-refractivity contribution in [3.8, 4) is 0 Å². The number of hydrogen-bond acceptors (Lipinski definition) is 3. The van der Waals surface area contributed by atoms with Crippen molar-refractivity contribution in [2.24, 2.45) is 0 Å². The predicted molar refractivity (Wildman–Crippen MR) is 75.1 cm³/mol. The highest BCUT2D eigenvalue weighted by Gasteiger charge is 2.24. The fourth-order valence-electron chi connectivity index (χ4n) is 2.34. The molecule has 2 nitrogen and oxygen atoms in total. The summed E-state index contributed by atoms with van der Waals surface area (Å²) in [6.07, 6.45) is 0.940. The summed E-state index contributed by atoms with van der Waals surface area (Å²) in [5.41, 5.74) is 2.99. The van der Waals surface area contributed by atoms with Crippen molar-refractivity contribution in [3.63, 3.8) is 0 Å². The van der Waals surface area contributed by atoms with E-state index in [0.717, 1.165) is 29.0 Å². The van der Waals surface area contributed by atoms with E-state index >= 15 is 0 Å². The molecule has 1 aliphatic heterocycles. The monoisotopic (exact) mass is 255 g/mol. The van der Waals surface area contributed by atoms with Crippen molar-refractivity contribution in [1.82, 2.24) is 0 Å². The predicted octanol–water partition coefficient (Wildman–Crippen LogP) is 4.12. The third kappa shape index (κ3) is 1.63. The van der Waals surface area contributed by atoms with Crippen LogP contribution < -0.4 is 4.90 Å². The van der Waals surface area contributed by atoms with Gasteiger partial charge in [-0.3, -0.25) is 4.79 Å². The smallest absolute Gasteiger partial charge is 0.152 e. The number of rotatable bonds is 2. The van der Waals surface area contributed by atoms with E-state index in [0.29, 0.717) is 0 Å². The summed E-state index contributed by atoms with van der Waals surface area (Å²) in [4.78, 5) is 15.8. The molecule has 3 rings (SSSR count). The standard InChI is InChI=1S/C15H13NOS/c1-2-16-12-7-3-4-8-13(12)18-14-9-5-6-11(10-17)15(14)16/h3-10H,2H2,1H3. The first-order chi connectivity index (χ1) is 8.85. The van der Waals surface area contributed by atoms with Crippen molar-refractivity contribution in [3.05, 3.63) is 48.0 Å². The average Bonchev–Trinajstić information content (AvgIpc) is 2.44. The first kappa shape index (κ1) is 11.4. The summed E-state index contributed by atoms with van der Waals surface area (Å²) in [5.74, 6) is 0. The number of anilines is 2. The van der Waals surface area contributed by atoms with Gasteiger partial charge >= 0.3 is 0 Å². The molecule has 0 N–H and O–H groups in total. The van der Waals surface area contributed by atoms with Gasteiger partial charge < -0.3 is 4.90 Å². The highest BCUT2D eigenvalue weighted by atomic mass is 32.2. The third-order valence-corrected chi connectivity index (χ3v) is 4.23. The maximum Gasteiger partial charge on any atom is 0.152 e. The molecule has 0 aliphatic carbocycles. The topological polar surface area (TPSA) is 20.3 Å². The number of carbonyl (C=O) groups is 1. The Balaban J connectivity index is 2.24. The molecule has 0 aromatic heterocycles. The van der Waals surface area contributed by atoms with Gasteiger partial charge in [-0.25, -0.2) is 0 Å². The maximum absolute atomic E-state index is 11.2. The number of nitrogens with zero attached hydrogens (tertiary/aromatic N) is 1. The molecule has 2 aromatic carbocycles. The van der Waals surface area contributed by atoms with Crippen molar-refractivity contribution < 1.29 is 4.79 Å². The Morgan fingerprint density at radius 3 is 2.67 bits per heavy atom. The summed E-state index contributed by atoms with van der Waals surface area (Å²) in [6.45, 7) is 2.97. The molecule has 0 saturated carbocycles. The fraction of sp³-hybridized carbons (Fsp3) is 0.133. The van der Waals surface area contributed by atoms with E-state index in [9.17, 15) is 4.79 Å². The van der Waals surface area contributed by atoms with Gasteiger partial charge in [-0.05, 0) is 31.2 Å². The van der Waals surface area contributed by atoms with E-state index < -0.39 is 0 Å². The highest BCUT2D eigenvalue weighted by molar-refractivity contribution is 7.99. The van der Waals surface area contributed by atoms with Gasteiger partial charge in [0.05, 0.1) is 11.4 Å². The summed E-state index contributed by atoms with van der Waals surface area (Å²) in [6, 6.07) is 14.2. The molecule has 3 heteroatoms. The minimum absolute atomic E-state index is 0.761. The lowest BCUT2D eigenvalue weighted by Gasteiger charge is -2.32. The van der Waals surface area contributed by atoms with Gasteiger partial charge in [-0.1, -0.05) is 30.0 Å². The second kappa shape index (κ2) is 4.50. The molecule has 0 saturated heterocycles. The molecule has 0 bridgehead atoms. The first-order valence-electron chi connectivity index (χ1n) is 5.97. The molecule has 0 radical (unpaired) electrons. The zero-order valence-electron chi connectivity index (χ0n) is 10.1. The Morgan fingerprint density at radius 2 is 1.89 bits per heavy atom. The molecule has 18 heavy (non-hydrogen) atoms. The van der Waals surface area contributed by atoms with Crippen molar-refractivity contribution in [2.45, 2.75) is 16.7 Å². The number of hydrogen-bond donors (Lipinski definition) is 0. The number of benzene rings is 2. The van der Waals surface area contributed by atoms with Crippen molar-refractivity contribution >= 4 is 29.4 Å². The SMILES string of the molecule is CCN1c2ccccc2Sc2cccc(C=O)c21. The molecule has 0 amide bonds. The second-order valence-electron chi connectivity index (χ2n) is 4.13. The van der Waals surface area contributed by atoms with E-state index in [4.69, 9.17) is 0 Å². The fourth-order valence-corrected chi connectivity index (χ4v) is 3.48. The second-order valence-corrected chi connectivity index (χ2v) is 5.21. The Kier molecular flexibility index (Phi) is 2.84. The molecule has 1 heterocycles. The largest absolute Gasteiger partial charge is 0.339 e. The number of fused-ring (bicyclic) bond motifs is 2. The molecule has 1 aliphatic rings. The molecular weight excluding hydrogens is 242 g/mol. The number of carbonyl (C=O) groups excluding carboxylic acids is 1. The normalized spacial score (nSPS) is 12.8. The van der Waals surface area contributed by atoms with Crippen LogP contribution >= 0.6 is 11.8 Å². The van der Waals surface area contributed by atoms with Gasteiger partial charge in [-0.15, -0.1) is 0 Å². The summed E-state index contributed by atoms with van der Waals surface area (Å²) in [7, 11) is 0. The lowest BCUT2D eigenvalue weighted by atomic mass is 10.1. The van der Waals surface area contributed by atoms with Gasteiger partial charge in [0.2, 0.25) is 0 Å². The van der Waals surface area contributed by atoms with Crippen LogP contribution in [0, 0.1) is 0 Å². The van der Waals surface area contributed by atoms with Crippen LogP contribution in [-0.4, -0.2) is 12.8 Å². The van der Waals surface area contributed by atoms with Gasteiger partial charge in [-0.2, -0.15) is 0 Å². The van der Waals surface area contributed by atoms with E-state index in [1.807, 2.05) is 24.3 Å². The minimum Gasteiger partial charge on any atom is -0.339 e. The Morgan fingerprint density at radius 1 is 1.11 bits per heavy atom. The van der Waals surface area contributed by atoms with Crippen LogP contribution in [0.2, 0.25) is 0 Å². The lowest BCUT2D eigenvalue weighted by Crippen LogP contribution is -2.21. The zero-order valence-corrected chi connectivity index (χ0v) is 10.9. The summed E-state index contributed by atoms with van der Waals surface area (Å²) in [5, 5.41) is 0. The van der Waals surface area contributed by atoms with E-state index in [-0.39, 0.29) is 0 Å². The molecule has 0 spiro atoms. The summed E-state index contributed by atoms with van der Waals surface area (Å²) < 4.78 is 0. The van der Waals surface area contributed by atoms with Crippen LogP contribution in [0.4, 0.5) is 11.4 Å². The van der Waals surface area contributed by atoms with Crippen LogP contribution in [0.15, 0.2) is 52.3 Å². The number of aldehydes is 1. The Bertz CT molecular complexity index is 609. The average molecular weight is 255 g/mol. The minimum atomic E-state index is 0.761. The molecular formula is C15H13NOS. The zero-order chi connectivity index (χ0) is 12.5. The molecule has 0 atom stereocenters. The number of para-hydroxylation sites is 2. The first-order valence-corrected chi connectivity index (χ1v) is 6.79. The van der Waals surface area contributed by atoms with Crippen LogP contribution in [-0.2, 0) is 0 Å². The van der Waals surface area contributed by atoms with Gasteiger partial charge in [0.25, 0.3) is 0 Å². The van der Waals surface area contributed by atoms with Crippen molar-refractivity contribution in [2.75, 3.05) is 11.4 Å². The van der Waals surface area contributed by atoms with Gasteiger partial charge in [0.1, 0.15) is 0 Å². The van der Waals surface area contributed by atoms with E-state index in [1.54, 1.807) is 11.8 Å². The molecule has 2 aromatic rings. The molecule has 0 unspecified atom stereocenters. The third-order valence-electron chi connectivity index (χ3n) is 3.12. The molecule has 90 valence electrons. The quantitative estimate of drug-likeness (QED) is 0.753. The Labute approximate surface area is 111 Å². The van der Waals surface area contributed by atoms with Gasteiger partial charge in [0.15, 0.2) is 6.29 Å². The van der Waals surface area contributed by atoms with Crippen LogP contribution in [0.1, 0.15) is 17.3 Å².